The van der Waals surface area contributed by atoms with E-state index in [1.807, 2.05) is 24.0 Å². The zero-order chi connectivity index (χ0) is 9.35. The van der Waals surface area contributed by atoms with Crippen LogP contribution >= 0.6 is 0 Å². The Morgan fingerprint density at radius 1 is 1.33 bits per heavy atom. The predicted molar refractivity (Wildman–Crippen MR) is 48.8 cm³/mol. The summed E-state index contributed by atoms with van der Waals surface area (Å²) < 4.78 is 1.93. The topological polar surface area (TPSA) is 28.7 Å². The van der Waals surface area contributed by atoms with Crippen LogP contribution in [0, 0.1) is 11.3 Å². The first-order chi connectivity index (χ1) is 5.45. The summed E-state index contributed by atoms with van der Waals surface area (Å²) in [5.41, 5.74) is 1.96. The van der Waals surface area contributed by atoms with E-state index in [-0.39, 0.29) is 5.41 Å². The minimum Gasteiger partial charge on any atom is -0.356 e. The quantitative estimate of drug-likeness (QED) is 0.575. The van der Waals surface area contributed by atoms with Crippen molar-refractivity contribution in [2.75, 3.05) is 0 Å². The van der Waals surface area contributed by atoms with Crippen LogP contribution < -0.4 is 0 Å². The number of nitriles is 1. The van der Waals surface area contributed by atoms with Crippen molar-refractivity contribution < 1.29 is 0 Å². The van der Waals surface area contributed by atoms with E-state index in [0.717, 1.165) is 11.1 Å². The third-order valence-corrected chi connectivity index (χ3v) is 1.88. The molecule has 0 amide bonds. The van der Waals surface area contributed by atoms with Gasteiger partial charge in [-0.05, 0) is 11.0 Å². The lowest BCUT2D eigenvalue weighted by molar-refractivity contribution is 0.587. The van der Waals surface area contributed by atoms with E-state index in [1.165, 1.54) is 0 Å². The molecule has 0 spiro atoms. The van der Waals surface area contributed by atoms with Gasteiger partial charge in [0.2, 0.25) is 0 Å². The highest BCUT2D eigenvalue weighted by Gasteiger charge is 2.19. The van der Waals surface area contributed by atoms with Crippen LogP contribution in [-0.4, -0.2) is 4.57 Å². The molecule has 0 saturated carbocycles. The molecule has 0 radical (unpaired) electrons. The lowest BCUT2D eigenvalue weighted by atomic mass is 9.87. The normalized spacial score (nSPS) is 11.2. The second-order valence-electron chi connectivity index (χ2n) is 4.11. The summed E-state index contributed by atoms with van der Waals surface area (Å²) in [6.45, 7) is 6.34. The lowest BCUT2D eigenvalue weighted by Gasteiger charge is -2.16. The molecule has 0 bridgehead atoms. The van der Waals surface area contributed by atoms with Gasteiger partial charge in [-0.2, -0.15) is 5.26 Å². The Balaban J connectivity index is 3.25. The first-order valence-electron chi connectivity index (χ1n) is 4.01. The maximum atomic E-state index is 8.83. The lowest BCUT2D eigenvalue weighted by Crippen LogP contribution is -2.11. The van der Waals surface area contributed by atoms with E-state index in [9.17, 15) is 0 Å². The van der Waals surface area contributed by atoms with Crippen molar-refractivity contribution in [3.63, 3.8) is 0 Å². The summed E-state index contributed by atoms with van der Waals surface area (Å²) in [6, 6.07) is 2.20. The van der Waals surface area contributed by atoms with Crippen LogP contribution in [0.2, 0.25) is 0 Å². The van der Waals surface area contributed by atoms with Gasteiger partial charge in [-0.15, -0.1) is 0 Å². The predicted octanol–water partition coefficient (Wildman–Crippen LogP) is 2.19. The number of aryl methyl sites for hydroxylation is 1. The first kappa shape index (κ1) is 8.86. The molecule has 0 N–H and O–H groups in total. The average molecular weight is 162 g/mol. The Kier molecular flexibility index (Phi) is 1.97. The monoisotopic (exact) mass is 162 g/mol. The van der Waals surface area contributed by atoms with Gasteiger partial charge in [0.05, 0.1) is 5.56 Å². The van der Waals surface area contributed by atoms with Gasteiger partial charge in [0.1, 0.15) is 6.07 Å². The molecular formula is C10H14N2. The van der Waals surface area contributed by atoms with Crippen LogP contribution in [0.3, 0.4) is 0 Å². The molecule has 2 heteroatoms. The van der Waals surface area contributed by atoms with Crippen LogP contribution in [0.25, 0.3) is 0 Å². The third kappa shape index (κ3) is 1.50. The third-order valence-electron chi connectivity index (χ3n) is 1.88. The highest BCUT2D eigenvalue weighted by Crippen LogP contribution is 2.25. The van der Waals surface area contributed by atoms with Gasteiger partial charge in [-0.3, -0.25) is 0 Å². The van der Waals surface area contributed by atoms with Crippen molar-refractivity contribution in [3.8, 4) is 6.07 Å². The molecule has 1 rings (SSSR count). The second kappa shape index (κ2) is 2.67. The van der Waals surface area contributed by atoms with Gasteiger partial charge < -0.3 is 4.57 Å². The van der Waals surface area contributed by atoms with E-state index in [2.05, 4.69) is 26.8 Å². The molecule has 0 aliphatic heterocycles. The Labute approximate surface area is 73.4 Å². The van der Waals surface area contributed by atoms with E-state index < -0.39 is 0 Å². The van der Waals surface area contributed by atoms with E-state index >= 15 is 0 Å². The Hall–Kier alpha value is -1.23. The zero-order valence-corrected chi connectivity index (χ0v) is 8.05. The van der Waals surface area contributed by atoms with Crippen LogP contribution in [0.5, 0.6) is 0 Å². The summed E-state index contributed by atoms with van der Waals surface area (Å²) in [5.74, 6) is 0. The minimum atomic E-state index is 0.0618. The molecule has 0 aromatic carbocycles. The van der Waals surface area contributed by atoms with Gasteiger partial charge >= 0.3 is 0 Å². The van der Waals surface area contributed by atoms with Gasteiger partial charge in [0.15, 0.2) is 0 Å². The maximum absolute atomic E-state index is 8.83. The molecule has 2 nitrogen and oxygen atoms in total. The molecular weight excluding hydrogens is 148 g/mol. The summed E-state index contributed by atoms with van der Waals surface area (Å²) in [5, 5.41) is 8.83. The highest BCUT2D eigenvalue weighted by molar-refractivity contribution is 5.39. The second-order valence-corrected chi connectivity index (χ2v) is 4.11. The fourth-order valence-electron chi connectivity index (χ4n) is 1.27. The summed E-state index contributed by atoms with van der Waals surface area (Å²) >= 11 is 0. The smallest absolute Gasteiger partial charge is 0.101 e. The molecule has 1 aromatic heterocycles. The molecule has 0 saturated heterocycles. The summed E-state index contributed by atoms with van der Waals surface area (Å²) in [7, 11) is 1.94. The van der Waals surface area contributed by atoms with Gasteiger partial charge in [-0.25, -0.2) is 0 Å². The van der Waals surface area contributed by atoms with Crippen LogP contribution in [0.4, 0.5) is 0 Å². The number of hydrogen-bond acceptors (Lipinski definition) is 1. The Morgan fingerprint density at radius 2 is 1.92 bits per heavy atom. The summed E-state index contributed by atoms with van der Waals surface area (Å²) in [6.07, 6.45) is 3.87. The van der Waals surface area contributed by atoms with Crippen molar-refractivity contribution in [1.82, 2.24) is 4.57 Å². The van der Waals surface area contributed by atoms with Crippen LogP contribution in [0.1, 0.15) is 31.9 Å². The number of nitrogens with zero attached hydrogens (tertiary/aromatic N) is 2. The Bertz CT molecular complexity index is 321. The minimum absolute atomic E-state index is 0.0618. The molecule has 0 unspecified atom stereocenters. The number of hydrogen-bond donors (Lipinski definition) is 0. The highest BCUT2D eigenvalue weighted by atomic mass is 14.9. The molecule has 1 heterocycles. The molecule has 0 fully saturated rings. The fourth-order valence-corrected chi connectivity index (χ4v) is 1.27. The molecule has 0 aliphatic carbocycles. The van der Waals surface area contributed by atoms with Crippen molar-refractivity contribution >= 4 is 0 Å². The van der Waals surface area contributed by atoms with Gasteiger partial charge in [0, 0.05) is 19.4 Å². The van der Waals surface area contributed by atoms with Gasteiger partial charge in [-0.1, -0.05) is 20.8 Å². The van der Waals surface area contributed by atoms with E-state index in [1.54, 1.807) is 0 Å². The van der Waals surface area contributed by atoms with Crippen molar-refractivity contribution in [2.45, 2.75) is 26.2 Å². The first-order valence-corrected chi connectivity index (χ1v) is 4.01. The summed E-state index contributed by atoms with van der Waals surface area (Å²) in [4.78, 5) is 0. The van der Waals surface area contributed by atoms with Crippen molar-refractivity contribution in [1.29, 1.82) is 5.26 Å². The maximum Gasteiger partial charge on any atom is 0.101 e. The molecule has 12 heavy (non-hydrogen) atoms. The standard InChI is InChI=1S/C10H14N2/c1-10(2,3)9-7-12(4)6-8(9)5-11/h6-7H,1-4H3. The van der Waals surface area contributed by atoms with Crippen molar-refractivity contribution in [2.24, 2.45) is 7.05 Å². The van der Waals surface area contributed by atoms with Gasteiger partial charge in [0.25, 0.3) is 0 Å². The van der Waals surface area contributed by atoms with Crippen molar-refractivity contribution in [3.05, 3.63) is 23.5 Å². The molecule has 64 valence electrons. The zero-order valence-electron chi connectivity index (χ0n) is 8.05. The molecule has 1 aromatic rings. The molecule has 0 aliphatic rings. The van der Waals surface area contributed by atoms with E-state index in [4.69, 9.17) is 5.26 Å². The van der Waals surface area contributed by atoms with E-state index in [0.29, 0.717) is 0 Å². The SMILES string of the molecule is Cn1cc(C#N)c(C(C)(C)C)c1. The van der Waals surface area contributed by atoms with Crippen LogP contribution in [0.15, 0.2) is 12.4 Å². The number of rotatable bonds is 0. The Morgan fingerprint density at radius 3 is 2.25 bits per heavy atom. The fraction of sp³-hybridized carbons (Fsp3) is 0.500. The molecule has 0 atom stereocenters. The number of aromatic nitrogens is 1. The van der Waals surface area contributed by atoms with Crippen LogP contribution in [-0.2, 0) is 12.5 Å². The largest absolute Gasteiger partial charge is 0.356 e. The average Bonchev–Trinajstić information content (AvgIpc) is 2.29.